The van der Waals surface area contributed by atoms with Crippen LogP contribution in [0.1, 0.15) is 32.6 Å². The van der Waals surface area contributed by atoms with Crippen molar-refractivity contribution in [3.63, 3.8) is 0 Å². The van der Waals surface area contributed by atoms with E-state index >= 15 is 0 Å². The van der Waals surface area contributed by atoms with Crippen LogP contribution < -0.4 is 5.32 Å². The van der Waals surface area contributed by atoms with Crippen LogP contribution in [0.3, 0.4) is 0 Å². The molecule has 0 rings (SSSR count). The molecule has 0 aliphatic rings. The highest BCUT2D eigenvalue weighted by Crippen LogP contribution is 2.01. The Morgan fingerprint density at radius 1 is 1.20 bits per heavy atom. The highest BCUT2D eigenvalue weighted by Gasteiger charge is 2.08. The zero-order valence-corrected chi connectivity index (χ0v) is 10.4. The lowest BCUT2D eigenvalue weighted by molar-refractivity contribution is -0.119. The maximum atomic E-state index is 11.3. The molecule has 0 heterocycles. The maximum absolute atomic E-state index is 11.3. The van der Waals surface area contributed by atoms with Gasteiger partial charge in [-0.25, -0.2) is 8.42 Å². The number of ketones is 1. The zero-order valence-electron chi connectivity index (χ0n) is 9.58. The van der Waals surface area contributed by atoms with Gasteiger partial charge in [0.2, 0.25) is 0 Å². The minimum absolute atomic E-state index is 0.140. The van der Waals surface area contributed by atoms with Crippen LogP contribution in [0.25, 0.3) is 0 Å². The fourth-order valence-electron chi connectivity index (χ4n) is 1.22. The van der Waals surface area contributed by atoms with E-state index in [1.54, 1.807) is 6.92 Å². The van der Waals surface area contributed by atoms with Gasteiger partial charge in [-0.3, -0.25) is 4.79 Å². The molecule has 1 N–H and O–H groups in total. The molecular weight excluding hydrogens is 214 g/mol. The van der Waals surface area contributed by atoms with Crippen LogP contribution in [-0.4, -0.2) is 39.3 Å². The third kappa shape index (κ3) is 8.57. The number of sulfone groups is 1. The Morgan fingerprint density at radius 2 is 1.80 bits per heavy atom. The van der Waals surface area contributed by atoms with Gasteiger partial charge in [0.05, 0.1) is 5.75 Å². The van der Waals surface area contributed by atoms with Gasteiger partial charge in [0, 0.05) is 18.6 Å². The molecule has 0 saturated carbocycles. The number of hydrogen-bond donors (Lipinski definition) is 1. The SMILES string of the molecule is CCS(=O)(=O)CCCC(=O)CCCNC. The number of rotatable bonds is 9. The van der Waals surface area contributed by atoms with E-state index in [4.69, 9.17) is 0 Å². The van der Waals surface area contributed by atoms with E-state index in [1.165, 1.54) is 0 Å². The number of carbonyl (C=O) groups excluding carboxylic acids is 1. The second-order valence-electron chi connectivity index (χ2n) is 3.59. The second-order valence-corrected chi connectivity index (χ2v) is 6.06. The summed E-state index contributed by atoms with van der Waals surface area (Å²) in [7, 11) is -1.06. The monoisotopic (exact) mass is 235 g/mol. The van der Waals surface area contributed by atoms with Crippen molar-refractivity contribution in [2.45, 2.75) is 32.6 Å². The first-order valence-corrected chi connectivity index (χ1v) is 7.20. The molecule has 0 saturated heterocycles. The summed E-state index contributed by atoms with van der Waals surface area (Å²) in [5, 5.41) is 2.96. The van der Waals surface area contributed by atoms with Crippen LogP contribution in [0.15, 0.2) is 0 Å². The van der Waals surface area contributed by atoms with E-state index in [0.29, 0.717) is 19.3 Å². The van der Waals surface area contributed by atoms with Gasteiger partial charge in [0.15, 0.2) is 0 Å². The average molecular weight is 235 g/mol. The fraction of sp³-hybridized carbons (Fsp3) is 0.900. The molecule has 0 spiro atoms. The minimum Gasteiger partial charge on any atom is -0.320 e. The first kappa shape index (κ1) is 14.6. The smallest absolute Gasteiger partial charge is 0.150 e. The molecular formula is C10H21NO3S. The summed E-state index contributed by atoms with van der Waals surface area (Å²) >= 11 is 0. The molecule has 0 bridgehead atoms. The summed E-state index contributed by atoms with van der Waals surface area (Å²) in [5.41, 5.74) is 0. The molecule has 15 heavy (non-hydrogen) atoms. The summed E-state index contributed by atoms with van der Waals surface area (Å²) in [6, 6.07) is 0. The van der Waals surface area contributed by atoms with E-state index in [2.05, 4.69) is 5.32 Å². The van der Waals surface area contributed by atoms with Gasteiger partial charge in [-0.15, -0.1) is 0 Å². The largest absolute Gasteiger partial charge is 0.320 e. The predicted molar refractivity (Wildman–Crippen MR) is 61.7 cm³/mol. The van der Waals surface area contributed by atoms with Gasteiger partial charge < -0.3 is 5.32 Å². The van der Waals surface area contributed by atoms with Crippen LogP contribution in [0.5, 0.6) is 0 Å². The van der Waals surface area contributed by atoms with Crippen molar-refractivity contribution < 1.29 is 13.2 Å². The Bertz CT molecular complexity index is 272. The molecule has 0 unspecified atom stereocenters. The predicted octanol–water partition coefficient (Wildman–Crippen LogP) is 0.770. The van der Waals surface area contributed by atoms with Crippen molar-refractivity contribution in [2.24, 2.45) is 0 Å². The van der Waals surface area contributed by atoms with E-state index in [9.17, 15) is 13.2 Å². The summed E-state index contributed by atoms with van der Waals surface area (Å²) in [5.74, 6) is 0.471. The summed E-state index contributed by atoms with van der Waals surface area (Å²) in [6.45, 7) is 2.46. The minimum atomic E-state index is -2.90. The standard InChI is InChI=1S/C10H21NO3S/c1-3-15(13,14)9-5-7-10(12)6-4-8-11-2/h11H,3-9H2,1-2H3. The molecule has 0 aromatic carbocycles. The number of carbonyl (C=O) groups is 1. The molecule has 0 aliphatic carbocycles. The Morgan fingerprint density at radius 3 is 2.33 bits per heavy atom. The van der Waals surface area contributed by atoms with Crippen molar-refractivity contribution in [3.05, 3.63) is 0 Å². The molecule has 5 heteroatoms. The van der Waals surface area contributed by atoms with E-state index in [0.717, 1.165) is 13.0 Å². The highest BCUT2D eigenvalue weighted by atomic mass is 32.2. The molecule has 0 amide bonds. The Hall–Kier alpha value is -0.420. The average Bonchev–Trinajstić information content (AvgIpc) is 2.18. The van der Waals surface area contributed by atoms with Gasteiger partial charge >= 0.3 is 0 Å². The third-order valence-corrected chi connectivity index (χ3v) is 4.02. The summed E-state index contributed by atoms with van der Waals surface area (Å²) in [4.78, 5) is 11.3. The summed E-state index contributed by atoms with van der Waals surface area (Å²) in [6.07, 6.45) is 2.24. The lowest BCUT2D eigenvalue weighted by atomic mass is 10.1. The number of Topliss-reactive ketones (excluding diaryl/α,β-unsaturated/α-hetero) is 1. The van der Waals surface area contributed by atoms with Crippen LogP contribution >= 0.6 is 0 Å². The number of nitrogens with one attached hydrogen (secondary N) is 1. The van der Waals surface area contributed by atoms with E-state index in [-0.39, 0.29) is 17.3 Å². The topological polar surface area (TPSA) is 63.2 Å². The van der Waals surface area contributed by atoms with Crippen LogP contribution in [0.2, 0.25) is 0 Å². The number of hydrogen-bond acceptors (Lipinski definition) is 4. The molecule has 0 aromatic heterocycles. The zero-order chi connectivity index (χ0) is 11.7. The lowest BCUT2D eigenvalue weighted by Crippen LogP contribution is -2.12. The van der Waals surface area contributed by atoms with Gasteiger partial charge in [-0.1, -0.05) is 6.92 Å². The van der Waals surface area contributed by atoms with Crippen molar-refractivity contribution >= 4 is 15.6 Å². The second kappa shape index (κ2) is 7.82. The summed E-state index contributed by atoms with van der Waals surface area (Å²) < 4.78 is 22.2. The quantitative estimate of drug-likeness (QED) is 0.600. The Kier molecular flexibility index (Phi) is 7.60. The normalized spacial score (nSPS) is 11.6. The van der Waals surface area contributed by atoms with Gasteiger partial charge in [-0.2, -0.15) is 0 Å². The van der Waals surface area contributed by atoms with E-state index < -0.39 is 9.84 Å². The fourth-order valence-corrected chi connectivity index (χ4v) is 2.09. The van der Waals surface area contributed by atoms with Gasteiger partial charge in [0.1, 0.15) is 15.6 Å². The van der Waals surface area contributed by atoms with E-state index in [1.807, 2.05) is 7.05 Å². The van der Waals surface area contributed by atoms with Gasteiger partial charge in [-0.05, 0) is 26.4 Å². The Labute approximate surface area is 92.4 Å². The molecule has 0 aliphatic heterocycles. The third-order valence-electron chi connectivity index (χ3n) is 2.23. The molecule has 0 atom stereocenters. The molecule has 4 nitrogen and oxygen atoms in total. The first-order chi connectivity index (χ1) is 7.02. The maximum Gasteiger partial charge on any atom is 0.150 e. The van der Waals surface area contributed by atoms with Crippen LogP contribution in [-0.2, 0) is 14.6 Å². The van der Waals surface area contributed by atoms with Crippen molar-refractivity contribution in [1.29, 1.82) is 0 Å². The lowest BCUT2D eigenvalue weighted by Gasteiger charge is -2.01. The molecule has 0 aromatic rings. The van der Waals surface area contributed by atoms with Crippen molar-refractivity contribution in [1.82, 2.24) is 5.32 Å². The Balaban J connectivity index is 3.55. The molecule has 90 valence electrons. The van der Waals surface area contributed by atoms with Crippen LogP contribution in [0.4, 0.5) is 0 Å². The van der Waals surface area contributed by atoms with Crippen molar-refractivity contribution in [2.75, 3.05) is 25.1 Å². The van der Waals surface area contributed by atoms with Gasteiger partial charge in [0.25, 0.3) is 0 Å². The molecule has 0 fully saturated rings. The molecule has 0 radical (unpaired) electrons. The highest BCUT2D eigenvalue weighted by molar-refractivity contribution is 7.91. The van der Waals surface area contributed by atoms with Crippen molar-refractivity contribution in [3.8, 4) is 0 Å². The van der Waals surface area contributed by atoms with Crippen LogP contribution in [0, 0.1) is 0 Å². The first-order valence-electron chi connectivity index (χ1n) is 5.38.